The zero-order valence-corrected chi connectivity index (χ0v) is 12.9. The first-order valence-electron chi connectivity index (χ1n) is 7.35. The molecular weight excluding hydrogens is 288 g/mol. The van der Waals surface area contributed by atoms with E-state index in [1.54, 1.807) is 6.08 Å². The predicted molar refractivity (Wildman–Crippen MR) is 76.9 cm³/mol. The number of rotatable bonds is 5. The highest BCUT2D eigenvalue weighted by atomic mass is 16.6. The summed E-state index contributed by atoms with van der Waals surface area (Å²) in [5, 5.41) is 8.73. The van der Waals surface area contributed by atoms with Crippen molar-refractivity contribution in [2.75, 3.05) is 0 Å². The molecule has 0 aromatic heterocycles. The number of esters is 1. The van der Waals surface area contributed by atoms with Gasteiger partial charge in [-0.25, -0.2) is 4.79 Å². The second-order valence-electron chi connectivity index (χ2n) is 6.06. The number of ketones is 1. The Morgan fingerprint density at radius 2 is 2.14 bits per heavy atom. The van der Waals surface area contributed by atoms with Crippen molar-refractivity contribution in [1.82, 2.24) is 0 Å². The van der Waals surface area contributed by atoms with Crippen molar-refractivity contribution in [2.24, 2.45) is 5.92 Å². The number of Topliss-reactive ketones (excluding diaryl/α,β-unsaturated/α-hetero) is 1. The molecule has 0 aliphatic carbocycles. The molecule has 1 N–H and O–H groups in total. The first-order valence-corrected chi connectivity index (χ1v) is 7.35. The maximum atomic E-state index is 12.1. The van der Waals surface area contributed by atoms with Crippen LogP contribution in [0.15, 0.2) is 23.5 Å². The Balaban J connectivity index is 2.19. The van der Waals surface area contributed by atoms with Crippen LogP contribution in [0.1, 0.15) is 40.0 Å². The van der Waals surface area contributed by atoms with Gasteiger partial charge in [-0.3, -0.25) is 9.59 Å². The molecule has 0 aromatic carbocycles. The van der Waals surface area contributed by atoms with Crippen LogP contribution in [0.25, 0.3) is 0 Å². The zero-order valence-electron chi connectivity index (χ0n) is 12.9. The third-order valence-corrected chi connectivity index (χ3v) is 3.98. The molecule has 1 saturated heterocycles. The SMILES string of the molecule is CC[C@H](C)C[C@@]1(C)C=C/C(=C2/C(=O)O[C@@H](CC(=O)O)C2=O)O1. The van der Waals surface area contributed by atoms with Gasteiger partial charge in [0.2, 0.25) is 5.78 Å². The molecule has 0 bridgehead atoms. The van der Waals surface area contributed by atoms with Crippen molar-refractivity contribution in [3.8, 4) is 0 Å². The summed E-state index contributed by atoms with van der Waals surface area (Å²) >= 11 is 0. The smallest absolute Gasteiger partial charge is 0.346 e. The van der Waals surface area contributed by atoms with Crippen molar-refractivity contribution in [1.29, 1.82) is 0 Å². The minimum atomic E-state index is -1.26. The van der Waals surface area contributed by atoms with Gasteiger partial charge in [-0.1, -0.05) is 20.3 Å². The molecule has 2 aliphatic heterocycles. The monoisotopic (exact) mass is 308 g/mol. The second kappa shape index (κ2) is 5.94. The number of hydrogen-bond acceptors (Lipinski definition) is 5. The molecular formula is C16H20O6. The normalized spacial score (nSPS) is 32.0. The number of allylic oxidation sites excluding steroid dienone is 1. The van der Waals surface area contributed by atoms with E-state index in [4.69, 9.17) is 14.6 Å². The van der Waals surface area contributed by atoms with Crippen LogP contribution in [0.5, 0.6) is 0 Å². The second-order valence-corrected chi connectivity index (χ2v) is 6.06. The third kappa shape index (κ3) is 3.21. The van der Waals surface area contributed by atoms with Gasteiger partial charge in [-0.05, 0) is 31.4 Å². The Morgan fingerprint density at radius 3 is 2.73 bits per heavy atom. The van der Waals surface area contributed by atoms with Gasteiger partial charge in [0.15, 0.2) is 6.10 Å². The Bertz CT molecular complexity index is 573. The molecule has 3 atom stereocenters. The molecule has 2 heterocycles. The number of carbonyl (C=O) groups excluding carboxylic acids is 2. The molecule has 1 fully saturated rings. The fourth-order valence-electron chi connectivity index (χ4n) is 2.67. The lowest BCUT2D eigenvalue weighted by Crippen LogP contribution is -2.25. The summed E-state index contributed by atoms with van der Waals surface area (Å²) in [7, 11) is 0. The highest BCUT2D eigenvalue weighted by molar-refractivity contribution is 6.24. The maximum absolute atomic E-state index is 12.1. The summed E-state index contributed by atoms with van der Waals surface area (Å²) in [6.45, 7) is 6.08. The van der Waals surface area contributed by atoms with Crippen molar-refractivity contribution < 1.29 is 29.0 Å². The summed E-state index contributed by atoms with van der Waals surface area (Å²) in [5.41, 5.74) is -0.751. The Hall–Kier alpha value is -2.11. The number of hydrogen-bond donors (Lipinski definition) is 1. The standard InChI is InChI=1S/C16H20O6/c1-4-9(2)8-16(3)6-5-10(22-16)13-14(19)11(7-12(17)18)21-15(13)20/h5-6,9,11H,4,7-8H2,1-3H3,(H,17,18)/b13-10-/t9-,11-,16+/m0/s1. The molecule has 22 heavy (non-hydrogen) atoms. The molecule has 0 spiro atoms. The molecule has 0 saturated carbocycles. The highest BCUT2D eigenvalue weighted by Gasteiger charge is 2.44. The minimum Gasteiger partial charge on any atom is -0.482 e. The van der Waals surface area contributed by atoms with Gasteiger partial charge in [0.25, 0.3) is 0 Å². The topological polar surface area (TPSA) is 89.9 Å². The van der Waals surface area contributed by atoms with Crippen molar-refractivity contribution in [3.63, 3.8) is 0 Å². The fraction of sp³-hybridized carbons (Fsp3) is 0.562. The molecule has 2 aliphatic rings. The summed E-state index contributed by atoms with van der Waals surface area (Å²) in [6, 6.07) is 0. The van der Waals surface area contributed by atoms with Crippen molar-refractivity contribution >= 4 is 17.7 Å². The molecule has 0 aromatic rings. The summed E-state index contributed by atoms with van der Waals surface area (Å²) in [6.07, 6.45) is 3.40. The summed E-state index contributed by atoms with van der Waals surface area (Å²) in [4.78, 5) is 34.7. The summed E-state index contributed by atoms with van der Waals surface area (Å²) in [5.74, 6) is -2.02. The lowest BCUT2D eigenvalue weighted by molar-refractivity contribution is -0.147. The van der Waals surface area contributed by atoms with Crippen LogP contribution < -0.4 is 0 Å². The average molecular weight is 308 g/mol. The highest BCUT2D eigenvalue weighted by Crippen LogP contribution is 2.35. The van der Waals surface area contributed by atoms with E-state index in [0.717, 1.165) is 12.8 Å². The number of cyclic esters (lactones) is 1. The Labute approximate surface area is 128 Å². The first-order chi connectivity index (χ1) is 10.3. The molecule has 0 radical (unpaired) electrons. The number of ether oxygens (including phenoxy) is 2. The zero-order chi connectivity index (χ0) is 16.5. The van der Waals surface area contributed by atoms with Gasteiger partial charge in [-0.2, -0.15) is 0 Å². The van der Waals surface area contributed by atoms with E-state index in [-0.39, 0.29) is 11.3 Å². The number of aliphatic carboxylic acids is 1. The first kappa shape index (κ1) is 16.3. The van der Waals surface area contributed by atoms with Gasteiger partial charge >= 0.3 is 11.9 Å². The average Bonchev–Trinajstić information content (AvgIpc) is 2.90. The van der Waals surface area contributed by atoms with Gasteiger partial charge in [0.1, 0.15) is 16.9 Å². The Morgan fingerprint density at radius 1 is 1.45 bits per heavy atom. The maximum Gasteiger partial charge on any atom is 0.346 e. The van der Waals surface area contributed by atoms with E-state index < -0.39 is 35.8 Å². The third-order valence-electron chi connectivity index (χ3n) is 3.98. The predicted octanol–water partition coefficient (Wildman–Crippen LogP) is 1.99. The van der Waals surface area contributed by atoms with Gasteiger partial charge < -0.3 is 14.6 Å². The summed E-state index contributed by atoms with van der Waals surface area (Å²) < 4.78 is 10.6. The van der Waals surface area contributed by atoms with E-state index >= 15 is 0 Å². The van der Waals surface area contributed by atoms with Gasteiger partial charge in [0.05, 0.1) is 6.42 Å². The quantitative estimate of drug-likeness (QED) is 0.474. The van der Waals surface area contributed by atoms with Gasteiger partial charge in [-0.15, -0.1) is 0 Å². The van der Waals surface area contributed by atoms with Crippen molar-refractivity contribution in [2.45, 2.75) is 51.7 Å². The minimum absolute atomic E-state index is 0.175. The largest absolute Gasteiger partial charge is 0.482 e. The molecule has 6 nitrogen and oxygen atoms in total. The molecule has 6 heteroatoms. The molecule has 2 rings (SSSR count). The molecule has 0 unspecified atom stereocenters. The van der Waals surface area contributed by atoms with Crippen LogP contribution >= 0.6 is 0 Å². The van der Waals surface area contributed by atoms with Crippen LogP contribution in [0.3, 0.4) is 0 Å². The van der Waals surface area contributed by atoms with Crippen LogP contribution in [0, 0.1) is 5.92 Å². The van der Waals surface area contributed by atoms with Gasteiger partial charge in [0, 0.05) is 0 Å². The number of carboxylic acid groups (broad SMARTS) is 1. The lowest BCUT2D eigenvalue weighted by atomic mass is 9.92. The van der Waals surface area contributed by atoms with Crippen molar-refractivity contribution in [3.05, 3.63) is 23.5 Å². The molecule has 120 valence electrons. The van der Waals surface area contributed by atoms with E-state index in [2.05, 4.69) is 13.8 Å². The number of carboxylic acids is 1. The van der Waals surface area contributed by atoms with E-state index in [1.807, 2.05) is 13.0 Å². The van der Waals surface area contributed by atoms with E-state index in [0.29, 0.717) is 5.92 Å². The van der Waals surface area contributed by atoms with E-state index in [1.165, 1.54) is 0 Å². The van der Waals surface area contributed by atoms with Crippen LogP contribution in [-0.2, 0) is 23.9 Å². The van der Waals surface area contributed by atoms with Crippen LogP contribution in [0.2, 0.25) is 0 Å². The lowest BCUT2D eigenvalue weighted by Gasteiger charge is -2.26. The van der Waals surface area contributed by atoms with E-state index in [9.17, 15) is 14.4 Å². The molecule has 0 amide bonds. The number of carbonyl (C=O) groups is 3. The van der Waals surface area contributed by atoms with Crippen LogP contribution in [-0.4, -0.2) is 34.5 Å². The Kier molecular flexibility index (Phi) is 4.39. The fourth-order valence-corrected chi connectivity index (χ4v) is 2.67. The van der Waals surface area contributed by atoms with Crippen LogP contribution in [0.4, 0.5) is 0 Å².